The molecule has 4 heteroatoms. The Labute approximate surface area is 114 Å². The number of nitrogens with zero attached hydrogens (tertiary/aromatic N) is 2. The molecular formula is C15H20N4. The first-order valence-electron chi connectivity index (χ1n) is 6.52. The van der Waals surface area contributed by atoms with Crippen LogP contribution in [0, 0.1) is 0 Å². The van der Waals surface area contributed by atoms with Gasteiger partial charge in [0.1, 0.15) is 11.6 Å². The second kappa shape index (κ2) is 6.29. The zero-order valence-corrected chi connectivity index (χ0v) is 11.6. The molecule has 19 heavy (non-hydrogen) atoms. The monoisotopic (exact) mass is 256 g/mol. The van der Waals surface area contributed by atoms with Crippen LogP contribution in [0.3, 0.4) is 0 Å². The fourth-order valence-electron chi connectivity index (χ4n) is 1.81. The van der Waals surface area contributed by atoms with Crippen molar-refractivity contribution in [3.63, 3.8) is 0 Å². The summed E-state index contributed by atoms with van der Waals surface area (Å²) in [6, 6.07) is 10.3. The summed E-state index contributed by atoms with van der Waals surface area (Å²) in [5.41, 5.74) is 2.38. The summed E-state index contributed by atoms with van der Waals surface area (Å²) >= 11 is 0. The number of hydrogen-bond acceptors (Lipinski definition) is 4. The second-order valence-corrected chi connectivity index (χ2v) is 4.79. The lowest BCUT2D eigenvalue weighted by molar-refractivity contribution is 0.759. The van der Waals surface area contributed by atoms with Crippen LogP contribution in [0.1, 0.15) is 31.2 Å². The van der Waals surface area contributed by atoms with Crippen molar-refractivity contribution in [2.75, 3.05) is 12.4 Å². The molecule has 0 fully saturated rings. The van der Waals surface area contributed by atoms with E-state index >= 15 is 0 Å². The molecule has 0 spiro atoms. The average molecular weight is 256 g/mol. The van der Waals surface area contributed by atoms with Crippen LogP contribution in [0.25, 0.3) is 0 Å². The molecule has 0 aliphatic rings. The Balaban J connectivity index is 2.10. The molecular weight excluding hydrogens is 236 g/mol. The smallest absolute Gasteiger partial charge is 0.144 e. The van der Waals surface area contributed by atoms with Crippen LogP contribution in [0.4, 0.5) is 11.5 Å². The highest BCUT2D eigenvalue weighted by Crippen LogP contribution is 2.19. The van der Waals surface area contributed by atoms with Gasteiger partial charge in [-0.05, 0) is 36.7 Å². The van der Waals surface area contributed by atoms with Gasteiger partial charge in [-0.1, -0.05) is 26.0 Å². The molecule has 0 aliphatic carbocycles. The maximum absolute atomic E-state index is 4.43. The van der Waals surface area contributed by atoms with E-state index in [2.05, 4.69) is 58.7 Å². The molecule has 1 aromatic carbocycles. The lowest BCUT2D eigenvalue weighted by atomic mass is 10.0. The third-order valence-corrected chi connectivity index (χ3v) is 2.89. The van der Waals surface area contributed by atoms with Gasteiger partial charge in [0.15, 0.2) is 0 Å². The molecule has 2 rings (SSSR count). The Morgan fingerprint density at radius 3 is 2.47 bits per heavy atom. The van der Waals surface area contributed by atoms with Gasteiger partial charge < -0.3 is 10.6 Å². The Bertz CT molecular complexity index is 520. The molecule has 0 bridgehead atoms. The second-order valence-electron chi connectivity index (χ2n) is 4.79. The molecule has 0 radical (unpaired) electrons. The molecule has 1 heterocycles. The van der Waals surface area contributed by atoms with Gasteiger partial charge in [-0.25, -0.2) is 9.97 Å². The topological polar surface area (TPSA) is 49.8 Å². The van der Waals surface area contributed by atoms with Crippen LogP contribution in [-0.4, -0.2) is 17.0 Å². The third-order valence-electron chi connectivity index (χ3n) is 2.89. The van der Waals surface area contributed by atoms with Crippen molar-refractivity contribution < 1.29 is 0 Å². The molecule has 0 unspecified atom stereocenters. The maximum Gasteiger partial charge on any atom is 0.144 e. The van der Waals surface area contributed by atoms with Gasteiger partial charge in [-0.3, -0.25) is 0 Å². The van der Waals surface area contributed by atoms with Crippen LogP contribution in [0.2, 0.25) is 0 Å². The van der Waals surface area contributed by atoms with Gasteiger partial charge >= 0.3 is 0 Å². The fraction of sp³-hybridized carbons (Fsp3) is 0.333. The first kappa shape index (κ1) is 13.5. The summed E-state index contributed by atoms with van der Waals surface area (Å²) in [4.78, 5) is 8.63. The van der Waals surface area contributed by atoms with Crippen LogP contribution in [0.15, 0.2) is 36.5 Å². The van der Waals surface area contributed by atoms with E-state index in [1.54, 1.807) is 6.20 Å². The summed E-state index contributed by atoms with van der Waals surface area (Å²) in [7, 11) is 1.88. The van der Waals surface area contributed by atoms with E-state index < -0.39 is 0 Å². The summed E-state index contributed by atoms with van der Waals surface area (Å²) in [5, 5.41) is 6.33. The van der Waals surface area contributed by atoms with E-state index in [-0.39, 0.29) is 0 Å². The molecule has 2 N–H and O–H groups in total. The van der Waals surface area contributed by atoms with Crippen molar-refractivity contribution in [3.05, 3.63) is 47.9 Å². The zero-order chi connectivity index (χ0) is 13.7. The lowest BCUT2D eigenvalue weighted by Gasteiger charge is -2.09. The number of nitrogens with one attached hydrogen (secondary N) is 2. The number of benzene rings is 1. The van der Waals surface area contributed by atoms with E-state index in [1.165, 1.54) is 5.56 Å². The molecule has 0 saturated heterocycles. The van der Waals surface area contributed by atoms with E-state index in [0.29, 0.717) is 12.5 Å². The van der Waals surface area contributed by atoms with Gasteiger partial charge in [0, 0.05) is 11.9 Å². The van der Waals surface area contributed by atoms with Gasteiger partial charge in [0.05, 0.1) is 6.54 Å². The van der Waals surface area contributed by atoms with Crippen LogP contribution in [-0.2, 0) is 6.54 Å². The number of hydrogen-bond donors (Lipinski definition) is 2. The summed E-state index contributed by atoms with van der Waals surface area (Å²) in [6.45, 7) is 5.05. The fourth-order valence-corrected chi connectivity index (χ4v) is 1.81. The van der Waals surface area contributed by atoms with Crippen molar-refractivity contribution >= 4 is 11.5 Å². The highest BCUT2D eigenvalue weighted by Gasteiger charge is 2.01. The van der Waals surface area contributed by atoms with Crippen molar-refractivity contribution in [2.45, 2.75) is 26.3 Å². The van der Waals surface area contributed by atoms with E-state index in [0.717, 1.165) is 17.3 Å². The van der Waals surface area contributed by atoms with Gasteiger partial charge in [0.25, 0.3) is 0 Å². The normalized spacial score (nSPS) is 10.7. The molecule has 4 nitrogen and oxygen atoms in total. The van der Waals surface area contributed by atoms with Crippen molar-refractivity contribution in [1.82, 2.24) is 15.3 Å². The molecule has 0 atom stereocenters. The molecule has 1 aromatic heterocycles. The van der Waals surface area contributed by atoms with E-state index in [9.17, 15) is 0 Å². The Hall–Kier alpha value is -1.94. The number of aromatic nitrogens is 2. The summed E-state index contributed by atoms with van der Waals surface area (Å²) in [6.07, 6.45) is 1.77. The molecule has 2 aromatic rings. The molecule has 0 saturated carbocycles. The number of rotatable bonds is 5. The van der Waals surface area contributed by atoms with Crippen molar-refractivity contribution in [2.24, 2.45) is 0 Å². The third kappa shape index (κ3) is 3.76. The minimum atomic E-state index is 0.551. The average Bonchev–Trinajstić information content (AvgIpc) is 2.40. The van der Waals surface area contributed by atoms with Crippen LogP contribution < -0.4 is 10.6 Å². The molecule has 0 aliphatic heterocycles. The first-order chi connectivity index (χ1) is 9.19. The highest BCUT2D eigenvalue weighted by atomic mass is 15.0. The Morgan fingerprint density at radius 1 is 1.11 bits per heavy atom. The lowest BCUT2D eigenvalue weighted by Crippen LogP contribution is -2.09. The van der Waals surface area contributed by atoms with E-state index in [1.807, 2.05) is 13.1 Å². The SMILES string of the molecule is CNCc1nccc(Nc2ccc(C(C)C)cc2)n1. The largest absolute Gasteiger partial charge is 0.340 e. The van der Waals surface area contributed by atoms with Crippen molar-refractivity contribution in [1.29, 1.82) is 0 Å². The minimum Gasteiger partial charge on any atom is -0.340 e. The molecule has 100 valence electrons. The van der Waals surface area contributed by atoms with Crippen LogP contribution >= 0.6 is 0 Å². The zero-order valence-electron chi connectivity index (χ0n) is 11.6. The van der Waals surface area contributed by atoms with E-state index in [4.69, 9.17) is 0 Å². The van der Waals surface area contributed by atoms with Gasteiger partial charge in [-0.15, -0.1) is 0 Å². The molecule has 0 amide bonds. The Morgan fingerprint density at radius 2 is 1.84 bits per heavy atom. The van der Waals surface area contributed by atoms with Crippen molar-refractivity contribution in [3.8, 4) is 0 Å². The minimum absolute atomic E-state index is 0.551. The standard InChI is InChI=1S/C15H20N4/c1-11(2)12-4-6-13(7-5-12)18-14-8-9-17-15(19-14)10-16-3/h4-9,11,16H,10H2,1-3H3,(H,17,18,19). The highest BCUT2D eigenvalue weighted by molar-refractivity contribution is 5.56. The predicted molar refractivity (Wildman–Crippen MR) is 78.6 cm³/mol. The Kier molecular flexibility index (Phi) is 4.47. The summed E-state index contributed by atoms with van der Waals surface area (Å²) < 4.78 is 0. The van der Waals surface area contributed by atoms with Gasteiger partial charge in [-0.2, -0.15) is 0 Å². The maximum atomic E-state index is 4.43. The van der Waals surface area contributed by atoms with Gasteiger partial charge in [0.2, 0.25) is 0 Å². The first-order valence-corrected chi connectivity index (χ1v) is 6.52. The predicted octanol–water partition coefficient (Wildman–Crippen LogP) is 3.06. The summed E-state index contributed by atoms with van der Waals surface area (Å²) in [5.74, 6) is 2.15. The number of anilines is 2. The quantitative estimate of drug-likeness (QED) is 0.863. The van der Waals surface area contributed by atoms with Crippen LogP contribution in [0.5, 0.6) is 0 Å².